The molecular weight excluding hydrogens is 192 g/mol. The Hall–Kier alpha value is -0.570. The highest BCUT2D eigenvalue weighted by molar-refractivity contribution is 5.75. The lowest BCUT2D eigenvalue weighted by molar-refractivity contribution is -0.154. The van der Waals surface area contributed by atoms with Gasteiger partial charge in [0.25, 0.3) is 0 Å². The first-order valence-electron chi connectivity index (χ1n) is 6.00. The highest BCUT2D eigenvalue weighted by Gasteiger charge is 2.55. The second kappa shape index (κ2) is 4.12. The highest BCUT2D eigenvalue weighted by Crippen LogP contribution is 2.57. The van der Waals surface area contributed by atoms with Crippen molar-refractivity contribution in [3.8, 4) is 0 Å². The van der Waals surface area contributed by atoms with Crippen LogP contribution in [-0.4, -0.2) is 24.3 Å². The van der Waals surface area contributed by atoms with Gasteiger partial charge in [0.05, 0.1) is 5.41 Å². The van der Waals surface area contributed by atoms with E-state index in [9.17, 15) is 9.90 Å². The lowest BCUT2D eigenvalue weighted by Gasteiger charge is -2.33. The Morgan fingerprint density at radius 3 is 2.80 bits per heavy atom. The molecule has 2 bridgehead atoms. The highest BCUT2D eigenvalue weighted by atomic mass is 16.5. The Labute approximate surface area is 90.8 Å². The van der Waals surface area contributed by atoms with Crippen LogP contribution in [0.25, 0.3) is 0 Å². The van der Waals surface area contributed by atoms with Crippen molar-refractivity contribution >= 4 is 5.97 Å². The minimum absolute atomic E-state index is 0.417. The van der Waals surface area contributed by atoms with Gasteiger partial charge in [-0.25, -0.2) is 0 Å². The van der Waals surface area contributed by atoms with Crippen molar-refractivity contribution in [2.24, 2.45) is 17.3 Å². The smallest absolute Gasteiger partial charge is 0.310 e. The van der Waals surface area contributed by atoms with E-state index in [4.69, 9.17) is 4.74 Å². The summed E-state index contributed by atoms with van der Waals surface area (Å²) in [6.07, 6.45) is 5.09. The number of carboxylic acid groups (broad SMARTS) is 1. The third-order valence-corrected chi connectivity index (χ3v) is 4.30. The molecule has 0 heterocycles. The minimum atomic E-state index is -0.589. The first kappa shape index (κ1) is 10.9. The zero-order valence-corrected chi connectivity index (χ0v) is 9.37. The zero-order chi connectivity index (χ0) is 10.9. The molecule has 3 atom stereocenters. The average Bonchev–Trinajstić information content (AvgIpc) is 2.78. The molecule has 2 aliphatic rings. The van der Waals surface area contributed by atoms with Crippen molar-refractivity contribution in [2.75, 3.05) is 13.2 Å². The number of hydrogen-bond acceptors (Lipinski definition) is 2. The molecule has 2 saturated carbocycles. The summed E-state index contributed by atoms with van der Waals surface area (Å²) in [4.78, 5) is 11.5. The lowest BCUT2D eigenvalue weighted by atomic mass is 9.71. The van der Waals surface area contributed by atoms with E-state index in [0.717, 1.165) is 19.3 Å². The van der Waals surface area contributed by atoms with Crippen molar-refractivity contribution in [1.29, 1.82) is 0 Å². The molecule has 2 fully saturated rings. The fourth-order valence-corrected chi connectivity index (χ4v) is 3.52. The van der Waals surface area contributed by atoms with Crippen LogP contribution in [0, 0.1) is 17.3 Å². The van der Waals surface area contributed by atoms with Crippen molar-refractivity contribution in [1.82, 2.24) is 0 Å². The number of fused-ring (bicyclic) bond motifs is 2. The molecule has 0 aromatic rings. The molecule has 2 rings (SSSR count). The Morgan fingerprint density at radius 2 is 2.33 bits per heavy atom. The standard InChI is InChI=1S/C12H20O3/c1-2-15-6-5-12(11(13)14)8-9-3-4-10(12)7-9/h9-10H,2-8H2,1H3,(H,13,14). The number of carbonyl (C=O) groups is 1. The van der Waals surface area contributed by atoms with Crippen LogP contribution in [0.5, 0.6) is 0 Å². The van der Waals surface area contributed by atoms with Gasteiger partial charge in [-0.15, -0.1) is 0 Å². The third-order valence-electron chi connectivity index (χ3n) is 4.30. The largest absolute Gasteiger partial charge is 0.481 e. The number of rotatable bonds is 5. The summed E-state index contributed by atoms with van der Waals surface area (Å²) in [7, 11) is 0. The van der Waals surface area contributed by atoms with Gasteiger partial charge in [0.2, 0.25) is 0 Å². The normalized spacial score (nSPS) is 38.5. The molecular formula is C12H20O3. The maximum absolute atomic E-state index is 11.5. The zero-order valence-electron chi connectivity index (χ0n) is 9.37. The minimum Gasteiger partial charge on any atom is -0.481 e. The fraction of sp³-hybridized carbons (Fsp3) is 0.917. The molecule has 0 aromatic carbocycles. The molecule has 0 aliphatic heterocycles. The van der Waals surface area contributed by atoms with Crippen LogP contribution in [0.1, 0.15) is 39.0 Å². The topological polar surface area (TPSA) is 46.5 Å². The predicted molar refractivity (Wildman–Crippen MR) is 56.6 cm³/mol. The monoisotopic (exact) mass is 212 g/mol. The van der Waals surface area contributed by atoms with Crippen LogP contribution in [0.2, 0.25) is 0 Å². The molecule has 86 valence electrons. The maximum atomic E-state index is 11.5. The van der Waals surface area contributed by atoms with Gasteiger partial charge in [0.1, 0.15) is 0 Å². The molecule has 2 aliphatic carbocycles. The molecule has 3 heteroatoms. The van der Waals surface area contributed by atoms with Crippen LogP contribution in [0.4, 0.5) is 0 Å². The van der Waals surface area contributed by atoms with Crippen LogP contribution in [-0.2, 0) is 9.53 Å². The molecule has 0 saturated heterocycles. The Morgan fingerprint density at radius 1 is 1.53 bits per heavy atom. The van der Waals surface area contributed by atoms with Gasteiger partial charge in [0.15, 0.2) is 0 Å². The summed E-state index contributed by atoms with van der Waals surface area (Å²) in [6.45, 7) is 3.24. The van der Waals surface area contributed by atoms with E-state index in [1.54, 1.807) is 0 Å². The number of hydrogen-bond donors (Lipinski definition) is 1. The molecule has 0 amide bonds. The SMILES string of the molecule is CCOCCC1(C(=O)O)CC2CCC1C2. The first-order valence-corrected chi connectivity index (χ1v) is 6.00. The quantitative estimate of drug-likeness (QED) is 0.711. The second-order valence-electron chi connectivity index (χ2n) is 4.99. The van der Waals surface area contributed by atoms with Crippen LogP contribution < -0.4 is 0 Å². The van der Waals surface area contributed by atoms with Crippen molar-refractivity contribution in [3.63, 3.8) is 0 Å². The molecule has 1 N–H and O–H groups in total. The molecule has 0 radical (unpaired) electrons. The Balaban J connectivity index is 2.02. The Bertz CT molecular complexity index is 251. The average molecular weight is 212 g/mol. The molecule has 15 heavy (non-hydrogen) atoms. The van der Waals surface area contributed by atoms with Gasteiger partial charge in [-0.1, -0.05) is 6.42 Å². The summed E-state index contributed by atoms with van der Waals surface area (Å²) in [5.41, 5.74) is -0.446. The van der Waals surface area contributed by atoms with E-state index in [0.29, 0.717) is 31.5 Å². The van der Waals surface area contributed by atoms with E-state index >= 15 is 0 Å². The second-order valence-corrected chi connectivity index (χ2v) is 4.99. The summed E-state index contributed by atoms with van der Waals surface area (Å²) in [6, 6.07) is 0. The van der Waals surface area contributed by atoms with E-state index in [-0.39, 0.29) is 0 Å². The van der Waals surface area contributed by atoms with E-state index in [1.807, 2.05) is 6.92 Å². The van der Waals surface area contributed by atoms with Crippen LogP contribution >= 0.6 is 0 Å². The van der Waals surface area contributed by atoms with Crippen molar-refractivity contribution in [3.05, 3.63) is 0 Å². The van der Waals surface area contributed by atoms with Gasteiger partial charge in [0, 0.05) is 13.2 Å². The third kappa shape index (κ3) is 1.78. The first-order chi connectivity index (χ1) is 7.19. The van der Waals surface area contributed by atoms with E-state index in [1.165, 1.54) is 6.42 Å². The molecule has 3 nitrogen and oxygen atoms in total. The van der Waals surface area contributed by atoms with Crippen molar-refractivity contribution in [2.45, 2.75) is 39.0 Å². The molecule has 0 aromatic heterocycles. The van der Waals surface area contributed by atoms with Gasteiger partial charge >= 0.3 is 5.97 Å². The molecule has 0 spiro atoms. The summed E-state index contributed by atoms with van der Waals surface area (Å²) in [5, 5.41) is 9.43. The van der Waals surface area contributed by atoms with E-state index in [2.05, 4.69) is 0 Å². The number of aliphatic carboxylic acids is 1. The molecule has 3 unspecified atom stereocenters. The summed E-state index contributed by atoms with van der Waals surface area (Å²) in [5.74, 6) is 0.502. The van der Waals surface area contributed by atoms with Crippen LogP contribution in [0.15, 0.2) is 0 Å². The maximum Gasteiger partial charge on any atom is 0.310 e. The predicted octanol–water partition coefficient (Wildman–Crippen LogP) is 2.30. The van der Waals surface area contributed by atoms with Gasteiger partial charge in [-0.2, -0.15) is 0 Å². The fourth-order valence-electron chi connectivity index (χ4n) is 3.52. The van der Waals surface area contributed by atoms with Crippen molar-refractivity contribution < 1.29 is 14.6 Å². The Kier molecular flexibility index (Phi) is 3.01. The summed E-state index contributed by atoms with van der Waals surface area (Å²) >= 11 is 0. The van der Waals surface area contributed by atoms with Gasteiger partial charge in [-0.3, -0.25) is 4.79 Å². The number of carboxylic acids is 1. The van der Waals surface area contributed by atoms with Gasteiger partial charge < -0.3 is 9.84 Å². The van der Waals surface area contributed by atoms with Crippen LogP contribution in [0.3, 0.4) is 0 Å². The number of ether oxygens (including phenoxy) is 1. The lowest BCUT2D eigenvalue weighted by Crippen LogP contribution is -2.37. The van der Waals surface area contributed by atoms with Gasteiger partial charge in [-0.05, 0) is 44.4 Å². The van der Waals surface area contributed by atoms with E-state index < -0.39 is 11.4 Å². The summed E-state index contributed by atoms with van der Waals surface area (Å²) < 4.78 is 5.31.